The fraction of sp³-hybridized carbons (Fsp3) is 0.150. The molecule has 4 aromatic rings. The third-order valence-electron chi connectivity index (χ3n) is 4.48. The number of nitrogens with zero attached hydrogens (tertiary/aromatic N) is 2. The molecular weight excluding hydrogens is 449 g/mol. The Morgan fingerprint density at radius 3 is 2.79 bits per heavy atom. The molecule has 0 bridgehead atoms. The lowest BCUT2D eigenvalue weighted by Crippen LogP contribution is -2.33. The van der Waals surface area contributed by atoms with E-state index in [2.05, 4.69) is 10.3 Å². The molecule has 0 aliphatic carbocycles. The largest absolute Gasteiger partial charge is 0.348 e. The summed E-state index contributed by atoms with van der Waals surface area (Å²) >= 11 is 15.0. The summed E-state index contributed by atoms with van der Waals surface area (Å²) in [6.45, 7) is 1.72. The van der Waals surface area contributed by atoms with Crippen molar-refractivity contribution in [3.05, 3.63) is 73.4 Å². The third kappa shape index (κ3) is 4.09. The minimum atomic E-state index is -0.292. The maximum absolute atomic E-state index is 13.0. The molecule has 0 aliphatic rings. The highest BCUT2D eigenvalue weighted by Gasteiger charge is 2.16. The molecule has 0 fully saturated rings. The summed E-state index contributed by atoms with van der Waals surface area (Å²) in [7, 11) is 0. The maximum atomic E-state index is 13.0. The van der Waals surface area contributed by atoms with Crippen molar-refractivity contribution in [1.29, 1.82) is 0 Å². The fourth-order valence-corrected chi connectivity index (χ4v) is 5.03. The number of amides is 1. The minimum absolute atomic E-state index is 0.118. The molecule has 3 heterocycles. The van der Waals surface area contributed by atoms with Crippen LogP contribution in [0.15, 0.2) is 52.2 Å². The first-order valence-electron chi connectivity index (χ1n) is 8.69. The van der Waals surface area contributed by atoms with E-state index in [1.807, 2.05) is 29.8 Å². The Morgan fingerprint density at radius 1 is 1.24 bits per heavy atom. The number of halogens is 2. The van der Waals surface area contributed by atoms with Crippen LogP contribution < -0.4 is 10.9 Å². The van der Waals surface area contributed by atoms with Crippen molar-refractivity contribution in [2.45, 2.75) is 19.5 Å². The Balaban J connectivity index is 1.56. The van der Waals surface area contributed by atoms with Gasteiger partial charge in [-0.25, -0.2) is 4.98 Å². The molecule has 0 spiro atoms. The smallest absolute Gasteiger partial charge is 0.263 e. The van der Waals surface area contributed by atoms with E-state index in [4.69, 9.17) is 23.2 Å². The molecule has 148 valence electrons. The van der Waals surface area contributed by atoms with Crippen LogP contribution in [0, 0.1) is 0 Å². The summed E-state index contributed by atoms with van der Waals surface area (Å²) in [5.41, 5.74) is 1.46. The van der Waals surface area contributed by atoms with Crippen LogP contribution >= 0.6 is 45.9 Å². The molecule has 0 saturated heterocycles. The second kappa shape index (κ2) is 8.28. The predicted molar refractivity (Wildman–Crippen MR) is 120 cm³/mol. The molecule has 5 nitrogen and oxygen atoms in total. The number of hydrogen-bond donors (Lipinski definition) is 1. The van der Waals surface area contributed by atoms with Crippen molar-refractivity contribution in [2.24, 2.45) is 0 Å². The van der Waals surface area contributed by atoms with Crippen molar-refractivity contribution in [2.75, 3.05) is 0 Å². The first-order chi connectivity index (χ1) is 13.9. The normalized spacial score (nSPS) is 12.2. The molecule has 9 heteroatoms. The molecular formula is C20H15Cl2N3O2S2. The number of hydrogen-bond acceptors (Lipinski definition) is 5. The number of nitrogens with one attached hydrogen (secondary N) is 1. The van der Waals surface area contributed by atoms with Crippen LogP contribution in [-0.2, 0) is 11.3 Å². The van der Waals surface area contributed by atoms with Crippen LogP contribution in [0.4, 0.5) is 0 Å². The number of aromatic nitrogens is 2. The Labute approximate surface area is 184 Å². The molecule has 0 radical (unpaired) electrons. The van der Waals surface area contributed by atoms with Crippen molar-refractivity contribution in [3.8, 4) is 10.4 Å². The molecule has 1 unspecified atom stereocenters. The zero-order valence-electron chi connectivity index (χ0n) is 15.2. The zero-order chi connectivity index (χ0) is 20.5. The molecule has 4 rings (SSSR count). The quantitative estimate of drug-likeness (QED) is 0.432. The predicted octanol–water partition coefficient (Wildman–Crippen LogP) is 5.37. The van der Waals surface area contributed by atoms with Crippen LogP contribution in [0.5, 0.6) is 0 Å². The molecule has 0 aliphatic heterocycles. The topological polar surface area (TPSA) is 64.0 Å². The number of carbonyl (C=O) groups is 1. The maximum Gasteiger partial charge on any atom is 0.263 e. The molecule has 1 amide bonds. The van der Waals surface area contributed by atoms with Gasteiger partial charge in [0.05, 0.1) is 27.8 Å². The highest BCUT2D eigenvalue weighted by atomic mass is 35.5. The van der Waals surface area contributed by atoms with Gasteiger partial charge in [-0.1, -0.05) is 35.3 Å². The molecule has 29 heavy (non-hydrogen) atoms. The van der Waals surface area contributed by atoms with Crippen molar-refractivity contribution >= 4 is 62.0 Å². The van der Waals surface area contributed by atoms with E-state index >= 15 is 0 Å². The summed E-state index contributed by atoms with van der Waals surface area (Å²) in [5.74, 6) is -0.292. The first-order valence-corrected chi connectivity index (χ1v) is 11.2. The van der Waals surface area contributed by atoms with E-state index in [0.29, 0.717) is 20.3 Å². The lowest BCUT2D eigenvalue weighted by Gasteiger charge is -2.15. The number of fused-ring (bicyclic) bond motifs is 1. The van der Waals surface area contributed by atoms with Crippen LogP contribution in [0.3, 0.4) is 0 Å². The van der Waals surface area contributed by atoms with Gasteiger partial charge < -0.3 is 5.32 Å². The lowest BCUT2D eigenvalue weighted by atomic mass is 10.1. The summed E-state index contributed by atoms with van der Waals surface area (Å²) in [6, 6.07) is 8.83. The first kappa shape index (κ1) is 20.1. The Hall–Kier alpha value is -2.19. The van der Waals surface area contributed by atoms with Gasteiger partial charge in [0.15, 0.2) is 0 Å². The second-order valence-electron chi connectivity index (χ2n) is 6.45. The van der Waals surface area contributed by atoms with Crippen molar-refractivity contribution < 1.29 is 4.79 Å². The van der Waals surface area contributed by atoms with E-state index in [1.54, 1.807) is 29.5 Å². The number of benzene rings is 1. The minimum Gasteiger partial charge on any atom is -0.348 e. The monoisotopic (exact) mass is 463 g/mol. The summed E-state index contributed by atoms with van der Waals surface area (Å²) in [6.07, 6.45) is 1.42. The Morgan fingerprint density at radius 2 is 2.07 bits per heavy atom. The van der Waals surface area contributed by atoms with Crippen LogP contribution in [0.2, 0.25) is 10.0 Å². The van der Waals surface area contributed by atoms with Gasteiger partial charge in [0, 0.05) is 15.8 Å². The molecule has 1 aromatic carbocycles. The summed E-state index contributed by atoms with van der Waals surface area (Å²) < 4.78 is 1.34. The third-order valence-corrected chi connectivity index (χ3v) is 7.01. The van der Waals surface area contributed by atoms with Crippen LogP contribution in [0.25, 0.3) is 20.7 Å². The van der Waals surface area contributed by atoms with Crippen molar-refractivity contribution in [3.63, 3.8) is 0 Å². The van der Waals surface area contributed by atoms with Gasteiger partial charge in [-0.15, -0.1) is 22.7 Å². The highest BCUT2D eigenvalue weighted by Crippen LogP contribution is 2.33. The van der Waals surface area contributed by atoms with Crippen LogP contribution in [0.1, 0.15) is 18.5 Å². The molecule has 3 aromatic heterocycles. The van der Waals surface area contributed by atoms with E-state index in [1.165, 1.54) is 22.2 Å². The number of thiophene rings is 2. The molecule has 0 saturated carbocycles. The van der Waals surface area contributed by atoms with Gasteiger partial charge in [-0.2, -0.15) is 0 Å². The number of rotatable bonds is 5. The Kier molecular flexibility index (Phi) is 5.74. The van der Waals surface area contributed by atoms with Crippen LogP contribution in [-0.4, -0.2) is 15.5 Å². The highest BCUT2D eigenvalue weighted by molar-refractivity contribution is 7.18. The SMILES string of the molecule is CC(NC(=O)Cn1cnc2scc(-c3cccs3)c2c1=O)c1ccc(Cl)c(Cl)c1. The average molecular weight is 464 g/mol. The fourth-order valence-electron chi connectivity index (χ4n) is 3.00. The summed E-state index contributed by atoms with van der Waals surface area (Å²) in [4.78, 5) is 31.6. The number of carbonyl (C=O) groups excluding carboxylic acids is 1. The van der Waals surface area contributed by atoms with Crippen molar-refractivity contribution in [1.82, 2.24) is 14.9 Å². The van der Waals surface area contributed by atoms with Gasteiger partial charge in [-0.05, 0) is 36.1 Å². The molecule has 1 N–H and O–H groups in total. The second-order valence-corrected chi connectivity index (χ2v) is 9.07. The van der Waals surface area contributed by atoms with Gasteiger partial charge in [0.25, 0.3) is 5.56 Å². The van der Waals surface area contributed by atoms with E-state index < -0.39 is 0 Å². The van der Waals surface area contributed by atoms with Gasteiger partial charge in [0.1, 0.15) is 11.4 Å². The van der Waals surface area contributed by atoms with Gasteiger partial charge >= 0.3 is 0 Å². The van der Waals surface area contributed by atoms with E-state index in [-0.39, 0.29) is 24.1 Å². The standard InChI is InChI=1S/C20H15Cl2N3O2S2/c1-11(12-4-5-14(21)15(22)7-12)24-17(26)8-25-10-23-19-18(20(25)27)13(9-29-19)16-3-2-6-28-16/h2-7,9-11H,8H2,1H3,(H,24,26). The Bertz CT molecular complexity index is 1250. The summed E-state index contributed by atoms with van der Waals surface area (Å²) in [5, 5.41) is 8.20. The zero-order valence-corrected chi connectivity index (χ0v) is 18.3. The molecule has 1 atom stereocenters. The van der Waals surface area contributed by atoms with E-state index in [0.717, 1.165) is 16.0 Å². The lowest BCUT2D eigenvalue weighted by molar-refractivity contribution is -0.122. The van der Waals surface area contributed by atoms with Gasteiger partial charge in [0.2, 0.25) is 5.91 Å². The van der Waals surface area contributed by atoms with Gasteiger partial charge in [-0.3, -0.25) is 14.2 Å². The average Bonchev–Trinajstić information content (AvgIpc) is 3.35. The van der Waals surface area contributed by atoms with E-state index in [9.17, 15) is 9.59 Å².